The molecule has 0 aromatic heterocycles. The van der Waals surface area contributed by atoms with Crippen molar-refractivity contribution < 1.29 is 27.0 Å². The minimum atomic E-state index is -4.20. The lowest BCUT2D eigenvalue weighted by atomic mass is 9.88. The van der Waals surface area contributed by atoms with Crippen LogP contribution in [0, 0.1) is 0 Å². The molecule has 0 spiro atoms. The van der Waals surface area contributed by atoms with E-state index in [4.69, 9.17) is 15.2 Å². The van der Waals surface area contributed by atoms with Crippen LogP contribution in [0.25, 0.3) is 10.8 Å². The number of methoxy groups -OCH3 is 1. The van der Waals surface area contributed by atoms with Crippen molar-refractivity contribution in [2.75, 3.05) is 20.3 Å². The number of alkyl halides is 4. The minimum absolute atomic E-state index is 0.0430. The van der Waals surface area contributed by atoms with Crippen molar-refractivity contribution in [3.63, 3.8) is 0 Å². The zero-order valence-electron chi connectivity index (χ0n) is 16.5. The first kappa shape index (κ1) is 21.9. The lowest BCUT2D eigenvalue weighted by Gasteiger charge is -2.19. The maximum absolute atomic E-state index is 13.1. The van der Waals surface area contributed by atoms with E-state index in [1.54, 1.807) is 19.2 Å². The van der Waals surface area contributed by atoms with Crippen LogP contribution in [0.2, 0.25) is 0 Å². The fourth-order valence-corrected chi connectivity index (χ4v) is 3.37. The summed E-state index contributed by atoms with van der Waals surface area (Å²) < 4.78 is 61.2. The van der Waals surface area contributed by atoms with Gasteiger partial charge < -0.3 is 15.2 Å². The normalized spacial score (nSPS) is 12.9. The first-order chi connectivity index (χ1) is 14.3. The standard InChI is InChI=1S/C23H23F4NO2/c1-29-18-9-8-16-5-3-7-20(21(16)12-18)17(13-28)10-15-4-2-6-19(11-15)30-14-23(26,27)22(24)25/h2-9,11-12,17,22H,10,13-14,28H2,1H3. The van der Waals surface area contributed by atoms with E-state index in [-0.39, 0.29) is 11.7 Å². The molecule has 0 aliphatic rings. The lowest BCUT2D eigenvalue weighted by molar-refractivity contribution is -0.148. The second kappa shape index (κ2) is 9.34. The van der Waals surface area contributed by atoms with E-state index in [0.29, 0.717) is 13.0 Å². The van der Waals surface area contributed by atoms with E-state index < -0.39 is 19.0 Å². The van der Waals surface area contributed by atoms with Gasteiger partial charge in [-0.05, 0) is 59.1 Å². The Kier molecular flexibility index (Phi) is 6.82. The minimum Gasteiger partial charge on any atom is -0.497 e. The predicted molar refractivity (Wildman–Crippen MR) is 109 cm³/mol. The highest BCUT2D eigenvalue weighted by molar-refractivity contribution is 5.87. The van der Waals surface area contributed by atoms with Crippen LogP contribution in [0.4, 0.5) is 17.6 Å². The molecule has 0 heterocycles. The molecule has 1 unspecified atom stereocenters. The summed E-state index contributed by atoms with van der Waals surface area (Å²) in [4.78, 5) is 0. The van der Waals surface area contributed by atoms with E-state index in [1.807, 2.05) is 42.5 Å². The molecule has 0 aliphatic heterocycles. The fraction of sp³-hybridized carbons (Fsp3) is 0.304. The van der Waals surface area contributed by atoms with Crippen molar-refractivity contribution in [3.8, 4) is 11.5 Å². The molecule has 3 rings (SSSR count). The zero-order chi connectivity index (χ0) is 21.7. The van der Waals surface area contributed by atoms with Crippen molar-refractivity contribution in [3.05, 3.63) is 71.8 Å². The number of hydrogen-bond acceptors (Lipinski definition) is 3. The molecule has 0 amide bonds. The average Bonchev–Trinajstić information content (AvgIpc) is 2.75. The van der Waals surface area contributed by atoms with E-state index in [1.165, 1.54) is 6.07 Å². The monoisotopic (exact) mass is 421 g/mol. The smallest absolute Gasteiger partial charge is 0.340 e. The van der Waals surface area contributed by atoms with Crippen molar-refractivity contribution in [2.24, 2.45) is 5.73 Å². The highest BCUT2D eigenvalue weighted by Gasteiger charge is 2.41. The van der Waals surface area contributed by atoms with Gasteiger partial charge in [-0.2, -0.15) is 8.78 Å². The molecule has 2 N–H and O–H groups in total. The van der Waals surface area contributed by atoms with Gasteiger partial charge in [0.25, 0.3) is 0 Å². The number of nitrogens with two attached hydrogens (primary N) is 1. The summed E-state index contributed by atoms with van der Waals surface area (Å²) in [5.41, 5.74) is 7.91. The first-order valence-electron chi connectivity index (χ1n) is 9.48. The Morgan fingerprint density at radius 2 is 1.73 bits per heavy atom. The second-order valence-corrected chi connectivity index (χ2v) is 7.07. The summed E-state index contributed by atoms with van der Waals surface area (Å²) in [6.07, 6.45) is -3.24. The molecule has 3 aromatic carbocycles. The molecule has 1 atom stereocenters. The van der Waals surface area contributed by atoms with Gasteiger partial charge in [-0.1, -0.05) is 36.4 Å². The number of fused-ring (bicyclic) bond motifs is 1. The molecule has 0 bridgehead atoms. The SMILES string of the molecule is COc1ccc2cccc(C(CN)Cc3cccc(OCC(F)(F)C(F)F)c3)c2c1. The van der Waals surface area contributed by atoms with Crippen LogP contribution in [-0.2, 0) is 6.42 Å². The van der Waals surface area contributed by atoms with Crippen LogP contribution in [-0.4, -0.2) is 32.6 Å². The number of hydrogen-bond donors (Lipinski definition) is 1. The summed E-state index contributed by atoms with van der Waals surface area (Å²) in [7, 11) is 1.60. The Labute approximate surface area is 172 Å². The Hall–Kier alpha value is -2.80. The maximum Gasteiger partial charge on any atom is 0.340 e. The maximum atomic E-state index is 13.1. The summed E-state index contributed by atoms with van der Waals surface area (Å²) in [5, 5.41) is 2.08. The van der Waals surface area contributed by atoms with Crippen molar-refractivity contribution in [1.29, 1.82) is 0 Å². The summed E-state index contributed by atoms with van der Waals surface area (Å²) >= 11 is 0. The van der Waals surface area contributed by atoms with Crippen LogP contribution >= 0.6 is 0 Å². The van der Waals surface area contributed by atoms with Gasteiger partial charge in [0.1, 0.15) is 11.5 Å². The third-order valence-corrected chi connectivity index (χ3v) is 4.98. The van der Waals surface area contributed by atoms with E-state index in [2.05, 4.69) is 0 Å². The first-order valence-corrected chi connectivity index (χ1v) is 9.48. The topological polar surface area (TPSA) is 44.5 Å². The molecule has 7 heteroatoms. The highest BCUT2D eigenvalue weighted by atomic mass is 19.3. The Morgan fingerprint density at radius 3 is 2.43 bits per heavy atom. The molecule has 0 saturated carbocycles. The third kappa shape index (κ3) is 5.02. The summed E-state index contributed by atoms with van der Waals surface area (Å²) in [6.45, 7) is -1.01. The van der Waals surface area contributed by atoms with Crippen molar-refractivity contribution in [2.45, 2.75) is 24.7 Å². The van der Waals surface area contributed by atoms with Crippen molar-refractivity contribution in [1.82, 2.24) is 0 Å². The molecule has 0 aliphatic carbocycles. The van der Waals surface area contributed by atoms with Gasteiger partial charge >= 0.3 is 12.3 Å². The van der Waals surface area contributed by atoms with Crippen LogP contribution in [0.3, 0.4) is 0 Å². The van der Waals surface area contributed by atoms with Crippen molar-refractivity contribution >= 4 is 10.8 Å². The third-order valence-electron chi connectivity index (χ3n) is 4.98. The van der Waals surface area contributed by atoms with Crippen LogP contribution in [0.15, 0.2) is 60.7 Å². The van der Waals surface area contributed by atoms with Gasteiger partial charge in [-0.15, -0.1) is 0 Å². The molecule has 0 saturated heterocycles. The molecule has 160 valence electrons. The Morgan fingerprint density at radius 1 is 0.967 bits per heavy atom. The van der Waals surface area contributed by atoms with Gasteiger partial charge in [0.05, 0.1) is 7.11 Å². The van der Waals surface area contributed by atoms with Gasteiger partial charge in [0.2, 0.25) is 0 Å². The fourth-order valence-electron chi connectivity index (χ4n) is 3.37. The van der Waals surface area contributed by atoms with E-state index in [0.717, 1.165) is 27.6 Å². The highest BCUT2D eigenvalue weighted by Crippen LogP contribution is 2.31. The van der Waals surface area contributed by atoms with Gasteiger partial charge in [-0.25, -0.2) is 8.78 Å². The number of ether oxygens (including phenoxy) is 2. The number of rotatable bonds is 9. The molecular formula is C23H23F4NO2. The van der Waals surface area contributed by atoms with E-state index in [9.17, 15) is 17.6 Å². The Bertz CT molecular complexity index is 994. The largest absolute Gasteiger partial charge is 0.497 e. The molecular weight excluding hydrogens is 398 g/mol. The summed E-state index contributed by atoms with van der Waals surface area (Å²) in [5.74, 6) is -3.39. The molecule has 3 nitrogen and oxygen atoms in total. The number of halogens is 4. The molecule has 0 radical (unpaired) electrons. The average molecular weight is 421 g/mol. The zero-order valence-corrected chi connectivity index (χ0v) is 16.5. The molecule has 3 aromatic rings. The lowest BCUT2D eigenvalue weighted by Crippen LogP contribution is -2.33. The van der Waals surface area contributed by atoms with Gasteiger partial charge in [0.15, 0.2) is 6.61 Å². The molecule has 30 heavy (non-hydrogen) atoms. The molecule has 0 fully saturated rings. The summed E-state index contributed by atoms with van der Waals surface area (Å²) in [6, 6.07) is 18.3. The van der Waals surface area contributed by atoms with Crippen LogP contribution in [0.5, 0.6) is 11.5 Å². The van der Waals surface area contributed by atoms with Crippen LogP contribution in [0.1, 0.15) is 17.0 Å². The van der Waals surface area contributed by atoms with Crippen LogP contribution < -0.4 is 15.2 Å². The van der Waals surface area contributed by atoms with E-state index >= 15 is 0 Å². The van der Waals surface area contributed by atoms with Gasteiger partial charge in [0, 0.05) is 5.92 Å². The predicted octanol–water partition coefficient (Wildman–Crippen LogP) is 5.41. The number of benzene rings is 3. The second-order valence-electron chi connectivity index (χ2n) is 7.07. The quantitative estimate of drug-likeness (QED) is 0.470. The Balaban J connectivity index is 1.82. The van der Waals surface area contributed by atoms with Gasteiger partial charge in [-0.3, -0.25) is 0 Å².